The van der Waals surface area contributed by atoms with Crippen molar-refractivity contribution in [1.29, 1.82) is 0 Å². The Morgan fingerprint density at radius 3 is 2.17 bits per heavy atom. The van der Waals surface area contributed by atoms with Gasteiger partial charge in [-0.25, -0.2) is 8.42 Å². The molecule has 1 aliphatic heterocycles. The molecule has 1 saturated heterocycles. The standard InChI is InChI=1S/C17H26BrNO4S/c1-5-22-15-9-17(16(23-6-2)8-14(15)18)24(20,21)19-10-12(3)7-13(4)11-19/h8-9,12-13H,5-7,10-11H2,1-4H3. The van der Waals surface area contributed by atoms with Gasteiger partial charge < -0.3 is 9.47 Å². The first-order valence-corrected chi connectivity index (χ1v) is 10.6. The van der Waals surface area contributed by atoms with Gasteiger partial charge in [0.1, 0.15) is 16.4 Å². The highest BCUT2D eigenvalue weighted by molar-refractivity contribution is 9.10. The second-order valence-electron chi connectivity index (χ2n) is 6.36. The Kier molecular flexibility index (Phi) is 6.56. The van der Waals surface area contributed by atoms with Crippen LogP contribution in [0.2, 0.25) is 0 Å². The lowest BCUT2D eigenvalue weighted by atomic mass is 9.94. The van der Waals surface area contributed by atoms with Crippen molar-refractivity contribution in [2.45, 2.75) is 39.0 Å². The number of ether oxygens (including phenoxy) is 2. The van der Waals surface area contributed by atoms with Crippen molar-refractivity contribution in [3.63, 3.8) is 0 Å². The normalized spacial score (nSPS) is 22.4. The fraction of sp³-hybridized carbons (Fsp3) is 0.647. The Labute approximate surface area is 153 Å². The van der Waals surface area contributed by atoms with Crippen molar-refractivity contribution in [3.8, 4) is 11.5 Å². The molecule has 1 aromatic rings. The number of nitrogens with zero attached hydrogens (tertiary/aromatic N) is 1. The zero-order valence-electron chi connectivity index (χ0n) is 14.7. The third kappa shape index (κ3) is 4.24. The van der Waals surface area contributed by atoms with Crippen LogP contribution in [0.3, 0.4) is 0 Å². The van der Waals surface area contributed by atoms with Gasteiger partial charge in [0.2, 0.25) is 10.0 Å². The van der Waals surface area contributed by atoms with Crippen molar-refractivity contribution in [2.75, 3.05) is 26.3 Å². The number of piperidine rings is 1. The summed E-state index contributed by atoms with van der Waals surface area (Å²) in [6.45, 7) is 9.83. The smallest absolute Gasteiger partial charge is 0.246 e. The Balaban J connectivity index is 2.48. The molecule has 2 unspecified atom stereocenters. The van der Waals surface area contributed by atoms with Gasteiger partial charge in [-0.1, -0.05) is 13.8 Å². The third-order valence-corrected chi connectivity index (χ3v) is 6.52. The van der Waals surface area contributed by atoms with Gasteiger partial charge >= 0.3 is 0 Å². The van der Waals surface area contributed by atoms with E-state index in [2.05, 4.69) is 29.8 Å². The van der Waals surface area contributed by atoms with Gasteiger partial charge in [0, 0.05) is 19.2 Å². The first-order valence-electron chi connectivity index (χ1n) is 8.38. The fourth-order valence-corrected chi connectivity index (χ4v) is 5.44. The number of benzene rings is 1. The minimum absolute atomic E-state index is 0.178. The summed E-state index contributed by atoms with van der Waals surface area (Å²) < 4.78 is 39.8. The molecule has 1 fully saturated rings. The van der Waals surface area contributed by atoms with Crippen molar-refractivity contribution < 1.29 is 17.9 Å². The van der Waals surface area contributed by atoms with Crippen LogP contribution < -0.4 is 9.47 Å². The lowest BCUT2D eigenvalue weighted by Crippen LogP contribution is -2.42. The van der Waals surface area contributed by atoms with Crippen LogP contribution in [0.15, 0.2) is 21.5 Å². The lowest BCUT2D eigenvalue weighted by molar-refractivity contribution is 0.221. The molecule has 1 aromatic carbocycles. The zero-order valence-corrected chi connectivity index (χ0v) is 17.1. The molecule has 0 spiro atoms. The second-order valence-corrected chi connectivity index (χ2v) is 9.12. The Morgan fingerprint density at radius 2 is 1.62 bits per heavy atom. The minimum atomic E-state index is -3.63. The summed E-state index contributed by atoms with van der Waals surface area (Å²) in [7, 11) is -3.63. The highest BCUT2D eigenvalue weighted by atomic mass is 79.9. The summed E-state index contributed by atoms with van der Waals surface area (Å²) in [5.74, 6) is 1.57. The van der Waals surface area contributed by atoms with Gasteiger partial charge in [0.25, 0.3) is 0 Å². The summed E-state index contributed by atoms with van der Waals surface area (Å²) in [5.41, 5.74) is 0. The molecule has 0 N–H and O–H groups in total. The molecule has 136 valence electrons. The summed E-state index contributed by atoms with van der Waals surface area (Å²) >= 11 is 3.42. The van der Waals surface area contributed by atoms with Crippen molar-refractivity contribution in [3.05, 3.63) is 16.6 Å². The summed E-state index contributed by atoms with van der Waals surface area (Å²) in [4.78, 5) is 0.178. The van der Waals surface area contributed by atoms with Crippen LogP contribution in [0.1, 0.15) is 34.1 Å². The van der Waals surface area contributed by atoms with Crippen LogP contribution in [0.4, 0.5) is 0 Å². The highest BCUT2D eigenvalue weighted by Gasteiger charge is 2.34. The number of hydrogen-bond acceptors (Lipinski definition) is 4. The minimum Gasteiger partial charge on any atom is -0.493 e. The number of sulfonamides is 1. The molecule has 0 radical (unpaired) electrons. The molecule has 5 nitrogen and oxygen atoms in total. The van der Waals surface area contributed by atoms with Gasteiger partial charge in [-0.15, -0.1) is 0 Å². The number of rotatable bonds is 6. The van der Waals surface area contributed by atoms with E-state index in [4.69, 9.17) is 9.47 Å². The predicted octanol–water partition coefficient (Wildman–Crippen LogP) is 3.91. The van der Waals surface area contributed by atoms with E-state index in [1.807, 2.05) is 13.8 Å². The molecule has 0 saturated carbocycles. The average Bonchev–Trinajstić information content (AvgIpc) is 2.49. The van der Waals surface area contributed by atoms with E-state index >= 15 is 0 Å². The van der Waals surface area contributed by atoms with Gasteiger partial charge in [-0.2, -0.15) is 4.31 Å². The first-order chi connectivity index (χ1) is 11.3. The van der Waals surface area contributed by atoms with Gasteiger partial charge in [0.05, 0.1) is 17.7 Å². The molecule has 0 bridgehead atoms. The summed E-state index contributed by atoms with van der Waals surface area (Å²) in [6.07, 6.45) is 1.05. The van der Waals surface area contributed by atoms with E-state index < -0.39 is 10.0 Å². The summed E-state index contributed by atoms with van der Waals surface area (Å²) in [6, 6.07) is 3.25. The monoisotopic (exact) mass is 419 g/mol. The molecule has 0 aliphatic carbocycles. The quantitative estimate of drug-likeness (QED) is 0.700. The number of halogens is 1. The van der Waals surface area contributed by atoms with Gasteiger partial charge in [-0.05, 0) is 54.1 Å². The van der Waals surface area contributed by atoms with E-state index in [9.17, 15) is 8.42 Å². The van der Waals surface area contributed by atoms with Crippen LogP contribution in [-0.4, -0.2) is 39.0 Å². The largest absolute Gasteiger partial charge is 0.493 e. The topological polar surface area (TPSA) is 55.8 Å². The van der Waals surface area contributed by atoms with Crippen molar-refractivity contribution in [2.24, 2.45) is 11.8 Å². The Morgan fingerprint density at radius 1 is 1.08 bits per heavy atom. The van der Waals surface area contributed by atoms with Crippen LogP contribution in [0.25, 0.3) is 0 Å². The van der Waals surface area contributed by atoms with Crippen molar-refractivity contribution >= 4 is 26.0 Å². The lowest BCUT2D eigenvalue weighted by Gasteiger charge is -2.34. The summed E-state index contributed by atoms with van der Waals surface area (Å²) in [5, 5.41) is 0. The van der Waals surface area contributed by atoms with Crippen LogP contribution in [0, 0.1) is 11.8 Å². The first kappa shape index (κ1) is 19.5. The van der Waals surface area contributed by atoms with Crippen LogP contribution >= 0.6 is 15.9 Å². The predicted molar refractivity (Wildman–Crippen MR) is 98.2 cm³/mol. The van der Waals surface area contributed by atoms with Crippen molar-refractivity contribution in [1.82, 2.24) is 4.31 Å². The third-order valence-electron chi connectivity index (χ3n) is 4.05. The van der Waals surface area contributed by atoms with E-state index in [1.165, 1.54) is 0 Å². The molecule has 0 aromatic heterocycles. The maximum absolute atomic E-state index is 13.2. The second kappa shape index (κ2) is 8.06. The molecule has 7 heteroatoms. The Bertz CT molecular complexity index is 667. The van der Waals surface area contributed by atoms with E-state index in [1.54, 1.807) is 16.4 Å². The maximum Gasteiger partial charge on any atom is 0.246 e. The fourth-order valence-electron chi connectivity index (χ4n) is 3.19. The SMILES string of the molecule is CCOc1cc(S(=O)(=O)N2CC(C)CC(C)C2)c(OCC)cc1Br. The maximum atomic E-state index is 13.2. The molecule has 2 rings (SSSR count). The van der Waals surface area contributed by atoms with Gasteiger partial charge in [-0.3, -0.25) is 0 Å². The molecule has 0 amide bonds. The van der Waals surface area contributed by atoms with E-state index in [0.29, 0.717) is 54.1 Å². The molecular formula is C17H26BrNO4S. The molecule has 24 heavy (non-hydrogen) atoms. The zero-order chi connectivity index (χ0) is 17.9. The highest BCUT2D eigenvalue weighted by Crippen LogP contribution is 2.38. The van der Waals surface area contributed by atoms with Crippen LogP contribution in [-0.2, 0) is 10.0 Å². The van der Waals surface area contributed by atoms with Crippen LogP contribution in [0.5, 0.6) is 11.5 Å². The average molecular weight is 420 g/mol. The van der Waals surface area contributed by atoms with E-state index in [-0.39, 0.29) is 4.90 Å². The molecule has 2 atom stereocenters. The molecular weight excluding hydrogens is 394 g/mol. The van der Waals surface area contributed by atoms with E-state index in [0.717, 1.165) is 6.42 Å². The Hall–Kier alpha value is -0.790. The molecule has 1 aliphatic rings. The van der Waals surface area contributed by atoms with Gasteiger partial charge in [0.15, 0.2) is 0 Å². The number of hydrogen-bond donors (Lipinski definition) is 0. The molecule has 1 heterocycles.